The third-order valence-electron chi connectivity index (χ3n) is 11.2. The molecule has 0 spiro atoms. The van der Waals surface area contributed by atoms with Gasteiger partial charge < -0.3 is 4.57 Å². The van der Waals surface area contributed by atoms with Crippen molar-refractivity contribution in [3.63, 3.8) is 0 Å². The van der Waals surface area contributed by atoms with Crippen LogP contribution in [-0.2, 0) is 0 Å². The number of hydrogen-bond acceptors (Lipinski definition) is 2. The Morgan fingerprint density at radius 3 is 1.61 bits per heavy atom. The molecule has 4 heteroatoms. The van der Waals surface area contributed by atoms with Crippen LogP contribution in [0.25, 0.3) is 110 Å². The molecule has 250 valence electrons. The van der Waals surface area contributed by atoms with E-state index in [1.165, 1.54) is 59.5 Å². The van der Waals surface area contributed by atoms with E-state index >= 15 is 0 Å². The molecule has 12 aromatic rings. The van der Waals surface area contributed by atoms with Crippen molar-refractivity contribution in [2.45, 2.75) is 0 Å². The normalized spacial score (nSPS) is 12.1. The number of rotatable bonds is 3. The van der Waals surface area contributed by atoms with Gasteiger partial charge in [0.2, 0.25) is 0 Å². The molecule has 0 aliphatic rings. The summed E-state index contributed by atoms with van der Waals surface area (Å²) in [5.41, 5.74) is 7.66. The molecule has 0 fully saturated rings. The highest BCUT2D eigenvalue weighted by atomic mass is 15.1. The van der Waals surface area contributed by atoms with Crippen LogP contribution in [0, 0.1) is 0 Å². The second-order valence-electron chi connectivity index (χ2n) is 14.2. The Labute approximate surface area is 309 Å². The van der Waals surface area contributed by atoms with Crippen molar-refractivity contribution in [2.75, 3.05) is 0 Å². The minimum atomic E-state index is 0.713. The van der Waals surface area contributed by atoms with Crippen LogP contribution in [0.1, 0.15) is 0 Å². The smallest absolute Gasteiger partial charge is 0.162 e. The van der Waals surface area contributed by atoms with Crippen molar-refractivity contribution in [3.05, 3.63) is 182 Å². The van der Waals surface area contributed by atoms with E-state index in [0.29, 0.717) is 5.82 Å². The molecule has 0 saturated heterocycles. The first kappa shape index (κ1) is 29.3. The zero-order chi connectivity index (χ0) is 35.3. The maximum absolute atomic E-state index is 5.47. The largest absolute Gasteiger partial charge is 0.309 e. The molecule has 0 saturated carbocycles. The summed E-state index contributed by atoms with van der Waals surface area (Å²) >= 11 is 0. The van der Waals surface area contributed by atoms with E-state index in [0.717, 1.165) is 44.4 Å². The summed E-state index contributed by atoms with van der Waals surface area (Å²) < 4.78 is 4.79. The molecule has 12 rings (SSSR count). The van der Waals surface area contributed by atoms with Gasteiger partial charge in [0.25, 0.3) is 0 Å². The van der Waals surface area contributed by atoms with E-state index in [4.69, 9.17) is 9.97 Å². The lowest BCUT2D eigenvalue weighted by Gasteiger charge is -2.14. The first-order valence-electron chi connectivity index (χ1n) is 18.4. The molecular weight excluding hydrogens is 657 g/mol. The Morgan fingerprint density at radius 1 is 0.315 bits per heavy atom. The van der Waals surface area contributed by atoms with Crippen LogP contribution in [0.5, 0.6) is 0 Å². The van der Waals surface area contributed by atoms with Crippen molar-refractivity contribution >= 4 is 86.8 Å². The summed E-state index contributed by atoms with van der Waals surface area (Å²) in [6.07, 6.45) is 0. The third kappa shape index (κ3) is 4.19. The molecule has 4 nitrogen and oxygen atoms in total. The second-order valence-corrected chi connectivity index (χ2v) is 14.2. The fourth-order valence-electron chi connectivity index (χ4n) is 8.77. The predicted octanol–water partition coefficient (Wildman–Crippen LogP) is 13.0. The molecule has 0 aliphatic carbocycles. The minimum Gasteiger partial charge on any atom is -0.309 e. The van der Waals surface area contributed by atoms with Crippen LogP contribution in [0.4, 0.5) is 0 Å². The van der Waals surface area contributed by atoms with Gasteiger partial charge in [-0.2, -0.15) is 0 Å². The molecule has 54 heavy (non-hydrogen) atoms. The summed E-state index contributed by atoms with van der Waals surface area (Å²) in [6, 6.07) is 65.6. The summed E-state index contributed by atoms with van der Waals surface area (Å²) in [4.78, 5) is 10.6. The third-order valence-corrected chi connectivity index (χ3v) is 11.2. The Bertz CT molecular complexity index is 3510. The number of benzene rings is 9. The number of aromatic nitrogens is 4. The van der Waals surface area contributed by atoms with Crippen molar-refractivity contribution in [3.8, 4) is 22.9 Å². The highest BCUT2D eigenvalue weighted by molar-refractivity contribution is 6.17. The quantitative estimate of drug-likeness (QED) is 0.185. The lowest BCUT2D eigenvalue weighted by molar-refractivity contribution is 1.08. The van der Waals surface area contributed by atoms with Gasteiger partial charge in [0, 0.05) is 38.2 Å². The molecule has 0 aliphatic heterocycles. The number of fused-ring (bicyclic) bond motifs is 10. The highest BCUT2D eigenvalue weighted by Gasteiger charge is 2.21. The Hall–Kier alpha value is -7.30. The summed E-state index contributed by atoms with van der Waals surface area (Å²) in [6.45, 7) is 0. The van der Waals surface area contributed by atoms with Gasteiger partial charge in [-0.15, -0.1) is 0 Å². The van der Waals surface area contributed by atoms with E-state index < -0.39 is 0 Å². The summed E-state index contributed by atoms with van der Waals surface area (Å²) in [5, 5.41) is 13.1. The van der Waals surface area contributed by atoms with E-state index in [9.17, 15) is 0 Å². The Balaban J connectivity index is 1.19. The number of para-hydroxylation sites is 2. The molecule has 0 unspecified atom stereocenters. The predicted molar refractivity (Wildman–Crippen MR) is 226 cm³/mol. The van der Waals surface area contributed by atoms with Crippen molar-refractivity contribution < 1.29 is 0 Å². The monoisotopic (exact) mass is 686 g/mol. The lowest BCUT2D eigenvalue weighted by atomic mass is 10.0. The van der Waals surface area contributed by atoms with Gasteiger partial charge in [0.05, 0.1) is 27.6 Å². The fourth-order valence-corrected chi connectivity index (χ4v) is 8.77. The van der Waals surface area contributed by atoms with Gasteiger partial charge in [-0.05, 0) is 93.0 Å². The van der Waals surface area contributed by atoms with Gasteiger partial charge >= 0.3 is 0 Å². The van der Waals surface area contributed by atoms with Gasteiger partial charge in [-0.3, -0.25) is 4.57 Å². The first-order valence-corrected chi connectivity index (χ1v) is 18.4. The minimum absolute atomic E-state index is 0.713. The lowest BCUT2D eigenvalue weighted by Crippen LogP contribution is -2.03. The molecule has 0 bridgehead atoms. The van der Waals surface area contributed by atoms with E-state index in [-0.39, 0.29) is 0 Å². The molecule has 0 radical (unpaired) electrons. The van der Waals surface area contributed by atoms with Crippen molar-refractivity contribution in [1.29, 1.82) is 0 Å². The highest BCUT2D eigenvalue weighted by Crippen LogP contribution is 2.40. The van der Waals surface area contributed by atoms with E-state index in [2.05, 4.69) is 191 Å². The average Bonchev–Trinajstić information content (AvgIpc) is 3.72. The van der Waals surface area contributed by atoms with Gasteiger partial charge in [0.15, 0.2) is 5.82 Å². The molecule has 3 heterocycles. The topological polar surface area (TPSA) is 35.6 Å². The Kier molecular flexibility index (Phi) is 6.02. The van der Waals surface area contributed by atoms with E-state index in [1.807, 2.05) is 0 Å². The molecular formula is C50H30N4. The number of hydrogen-bond donors (Lipinski definition) is 0. The van der Waals surface area contributed by atoms with E-state index in [1.54, 1.807) is 0 Å². The van der Waals surface area contributed by atoms with Gasteiger partial charge in [0.1, 0.15) is 5.82 Å². The Morgan fingerprint density at radius 2 is 0.852 bits per heavy atom. The number of nitrogens with zero attached hydrogens (tertiary/aromatic N) is 4. The zero-order valence-electron chi connectivity index (χ0n) is 29.1. The zero-order valence-corrected chi connectivity index (χ0v) is 29.1. The van der Waals surface area contributed by atoms with Crippen molar-refractivity contribution in [1.82, 2.24) is 19.1 Å². The first-order chi connectivity index (χ1) is 26.8. The van der Waals surface area contributed by atoms with Gasteiger partial charge in [-0.1, -0.05) is 121 Å². The standard InChI is InChI=1S/C50H30N4/c1-3-15-34-28-47-41(26-32(34)13-1)38-19-8-10-23-45(38)53(47)36-24-25-46-43(30-36)42-27-33-14-2-4-16-35(33)29-48(42)54(46)50-40-20-7-9-22-44(40)51-49(52-50)39-21-11-17-31-12-5-6-18-37(31)39/h1-30H. The molecule has 3 aromatic heterocycles. The second kappa shape index (κ2) is 11.1. The van der Waals surface area contributed by atoms with Gasteiger partial charge in [-0.25, -0.2) is 9.97 Å². The summed E-state index contributed by atoms with van der Waals surface area (Å²) in [7, 11) is 0. The summed E-state index contributed by atoms with van der Waals surface area (Å²) in [5.74, 6) is 1.58. The molecule has 0 atom stereocenters. The maximum Gasteiger partial charge on any atom is 0.162 e. The van der Waals surface area contributed by atoms with Crippen LogP contribution in [0.15, 0.2) is 182 Å². The maximum atomic E-state index is 5.47. The van der Waals surface area contributed by atoms with Crippen molar-refractivity contribution in [2.24, 2.45) is 0 Å². The molecule has 9 aromatic carbocycles. The fraction of sp³-hybridized carbons (Fsp3) is 0. The molecule has 0 amide bonds. The SMILES string of the molecule is c1ccc2cc3c(cc2c1)c1ccccc1n3-c1ccc2c(c1)c1cc3ccccc3cc1n2-c1nc(-c2cccc3ccccc23)nc2ccccc12. The van der Waals surface area contributed by atoms with Crippen LogP contribution in [0.3, 0.4) is 0 Å². The molecule has 0 N–H and O–H groups in total. The van der Waals surface area contributed by atoms with Crippen LogP contribution in [0.2, 0.25) is 0 Å². The average molecular weight is 687 g/mol. The van der Waals surface area contributed by atoms with Crippen LogP contribution < -0.4 is 0 Å². The van der Waals surface area contributed by atoms with Crippen LogP contribution in [-0.4, -0.2) is 19.1 Å². The van der Waals surface area contributed by atoms with Crippen LogP contribution >= 0.6 is 0 Å².